The lowest BCUT2D eigenvalue weighted by Crippen LogP contribution is -2.52. The van der Waals surface area contributed by atoms with Gasteiger partial charge in [0, 0.05) is 19.5 Å². The minimum atomic E-state index is -0.294. The number of nitrogens with one attached hydrogen (secondary N) is 2. The molecular formula is C15H30ClN3O2. The number of nitrogens with zero attached hydrogens (tertiary/aromatic N) is 1. The number of hydrogen-bond acceptors (Lipinski definition) is 3. The Kier molecular flexibility index (Phi) is 10.4. The van der Waals surface area contributed by atoms with Crippen molar-refractivity contribution in [2.75, 3.05) is 26.7 Å². The second-order valence-electron chi connectivity index (χ2n) is 5.94. The normalized spacial score (nSPS) is 16.6. The van der Waals surface area contributed by atoms with Crippen LogP contribution in [-0.2, 0) is 9.59 Å². The molecule has 1 saturated heterocycles. The number of piperidine rings is 1. The van der Waals surface area contributed by atoms with E-state index in [9.17, 15) is 9.59 Å². The molecule has 0 spiro atoms. The summed E-state index contributed by atoms with van der Waals surface area (Å²) >= 11 is 0. The first kappa shape index (κ1) is 20.2. The molecule has 2 N–H and O–H groups in total. The lowest BCUT2D eigenvalue weighted by Gasteiger charge is -2.34. The van der Waals surface area contributed by atoms with Gasteiger partial charge < -0.3 is 15.5 Å². The Morgan fingerprint density at radius 1 is 1.29 bits per heavy atom. The molecule has 1 atom stereocenters. The van der Waals surface area contributed by atoms with E-state index in [0.717, 1.165) is 38.8 Å². The van der Waals surface area contributed by atoms with Gasteiger partial charge in [-0.05, 0) is 45.2 Å². The summed E-state index contributed by atoms with van der Waals surface area (Å²) in [5, 5.41) is 6.03. The topological polar surface area (TPSA) is 61.4 Å². The van der Waals surface area contributed by atoms with Crippen molar-refractivity contribution in [2.24, 2.45) is 5.92 Å². The van der Waals surface area contributed by atoms with Gasteiger partial charge in [-0.25, -0.2) is 0 Å². The zero-order valence-electron chi connectivity index (χ0n) is 13.5. The molecule has 0 aromatic carbocycles. The summed E-state index contributed by atoms with van der Waals surface area (Å²) in [6.07, 6.45) is 4.19. The van der Waals surface area contributed by atoms with Crippen LogP contribution in [0.5, 0.6) is 0 Å². The van der Waals surface area contributed by atoms with Gasteiger partial charge in [-0.1, -0.05) is 13.8 Å². The lowest BCUT2D eigenvalue weighted by molar-refractivity contribution is -0.143. The van der Waals surface area contributed by atoms with Crippen LogP contribution in [0.3, 0.4) is 0 Å². The molecule has 5 nitrogen and oxygen atoms in total. The fraction of sp³-hybridized carbons (Fsp3) is 0.867. The van der Waals surface area contributed by atoms with Gasteiger partial charge in [0.05, 0.1) is 0 Å². The van der Waals surface area contributed by atoms with Gasteiger partial charge in [0.2, 0.25) is 11.8 Å². The maximum absolute atomic E-state index is 12.4. The molecule has 1 heterocycles. The average molecular weight is 320 g/mol. The van der Waals surface area contributed by atoms with Gasteiger partial charge in [0.15, 0.2) is 0 Å². The molecule has 1 rings (SSSR count). The highest BCUT2D eigenvalue weighted by Crippen LogP contribution is 2.19. The van der Waals surface area contributed by atoms with Crippen molar-refractivity contribution in [3.63, 3.8) is 0 Å². The fourth-order valence-electron chi connectivity index (χ4n) is 2.57. The maximum Gasteiger partial charge on any atom is 0.242 e. The predicted molar refractivity (Wildman–Crippen MR) is 87.6 cm³/mol. The smallest absolute Gasteiger partial charge is 0.242 e. The molecule has 0 bridgehead atoms. The molecule has 2 amide bonds. The Morgan fingerprint density at radius 3 is 2.57 bits per heavy atom. The summed E-state index contributed by atoms with van der Waals surface area (Å²) < 4.78 is 0. The van der Waals surface area contributed by atoms with Crippen molar-refractivity contribution in [1.29, 1.82) is 0 Å². The van der Waals surface area contributed by atoms with E-state index in [1.54, 1.807) is 4.90 Å². The van der Waals surface area contributed by atoms with Crippen LogP contribution in [-0.4, -0.2) is 49.4 Å². The van der Waals surface area contributed by atoms with E-state index in [-0.39, 0.29) is 30.3 Å². The van der Waals surface area contributed by atoms with Crippen LogP contribution in [0, 0.1) is 5.92 Å². The van der Waals surface area contributed by atoms with Crippen molar-refractivity contribution in [2.45, 2.75) is 52.0 Å². The zero-order valence-corrected chi connectivity index (χ0v) is 14.3. The van der Waals surface area contributed by atoms with Crippen LogP contribution < -0.4 is 10.6 Å². The highest BCUT2D eigenvalue weighted by molar-refractivity contribution is 5.88. The first-order valence-corrected chi connectivity index (χ1v) is 7.78. The molecule has 0 aliphatic carbocycles. The second-order valence-corrected chi connectivity index (χ2v) is 5.94. The third kappa shape index (κ3) is 7.14. The first-order chi connectivity index (χ1) is 9.56. The highest BCUT2D eigenvalue weighted by atomic mass is 35.5. The number of amides is 2. The Labute approximate surface area is 134 Å². The predicted octanol–water partition coefficient (Wildman–Crippen LogP) is 1.56. The Morgan fingerprint density at radius 2 is 2.00 bits per heavy atom. The second kappa shape index (κ2) is 10.9. The van der Waals surface area contributed by atoms with Crippen molar-refractivity contribution < 1.29 is 9.59 Å². The zero-order chi connectivity index (χ0) is 15.0. The molecule has 1 aliphatic heterocycles. The average Bonchev–Trinajstić information content (AvgIpc) is 2.41. The maximum atomic E-state index is 12.4. The molecule has 1 aliphatic rings. The number of carbonyl (C=O) groups excluding carboxylic acids is 2. The van der Waals surface area contributed by atoms with E-state index in [1.807, 2.05) is 7.05 Å². The first-order valence-electron chi connectivity index (χ1n) is 7.78. The van der Waals surface area contributed by atoms with Crippen LogP contribution >= 0.6 is 12.4 Å². The van der Waals surface area contributed by atoms with E-state index in [2.05, 4.69) is 24.5 Å². The molecule has 0 aromatic rings. The van der Waals surface area contributed by atoms with Crippen LogP contribution in [0.25, 0.3) is 0 Å². The van der Waals surface area contributed by atoms with Crippen LogP contribution in [0.2, 0.25) is 0 Å². The number of halogens is 1. The number of likely N-dealkylation sites (tertiary alicyclic amines) is 1. The monoisotopic (exact) mass is 319 g/mol. The van der Waals surface area contributed by atoms with Gasteiger partial charge in [-0.3, -0.25) is 9.59 Å². The van der Waals surface area contributed by atoms with Gasteiger partial charge >= 0.3 is 0 Å². The molecule has 21 heavy (non-hydrogen) atoms. The number of hydrogen-bond donors (Lipinski definition) is 2. The van der Waals surface area contributed by atoms with Crippen molar-refractivity contribution in [1.82, 2.24) is 15.5 Å². The summed E-state index contributed by atoms with van der Waals surface area (Å²) in [7, 11) is 1.90. The molecule has 6 heteroatoms. The minimum Gasteiger partial charge on any atom is -0.354 e. The minimum absolute atomic E-state index is 0. The number of rotatable bonds is 8. The third-order valence-electron chi connectivity index (χ3n) is 3.64. The summed E-state index contributed by atoms with van der Waals surface area (Å²) in [6, 6.07) is -0.294. The van der Waals surface area contributed by atoms with Crippen LogP contribution in [0.4, 0.5) is 0 Å². The molecule has 0 aromatic heterocycles. The highest BCUT2D eigenvalue weighted by Gasteiger charge is 2.31. The van der Waals surface area contributed by atoms with Crippen molar-refractivity contribution in [3.8, 4) is 0 Å². The molecule has 0 saturated carbocycles. The molecular weight excluding hydrogens is 290 g/mol. The van der Waals surface area contributed by atoms with Gasteiger partial charge in [0.25, 0.3) is 0 Å². The summed E-state index contributed by atoms with van der Waals surface area (Å²) in [4.78, 5) is 26.2. The van der Waals surface area contributed by atoms with Gasteiger partial charge in [-0.15, -0.1) is 12.4 Å². The summed E-state index contributed by atoms with van der Waals surface area (Å²) in [6.45, 7) is 6.46. The van der Waals surface area contributed by atoms with Crippen molar-refractivity contribution >= 4 is 24.2 Å². The van der Waals surface area contributed by atoms with E-state index in [1.165, 1.54) is 0 Å². The van der Waals surface area contributed by atoms with Crippen molar-refractivity contribution in [3.05, 3.63) is 0 Å². The van der Waals surface area contributed by atoms with E-state index < -0.39 is 0 Å². The third-order valence-corrected chi connectivity index (χ3v) is 3.64. The molecule has 124 valence electrons. The fourth-order valence-corrected chi connectivity index (χ4v) is 2.57. The quantitative estimate of drug-likeness (QED) is 0.667. The standard InChI is InChI=1S/C15H29N3O2.ClH/c1-12(2)11-13(15(20)17-9-6-8-16-3)18-10-5-4-7-14(18)19;/h12-13,16H,4-11H2,1-3H3,(H,17,20);1H. The number of carbonyl (C=O) groups is 2. The van der Waals surface area contributed by atoms with Crippen LogP contribution in [0.1, 0.15) is 46.0 Å². The lowest BCUT2D eigenvalue weighted by atomic mass is 9.98. The summed E-state index contributed by atoms with van der Waals surface area (Å²) in [5.41, 5.74) is 0. The molecule has 1 fully saturated rings. The van der Waals surface area contributed by atoms with E-state index in [0.29, 0.717) is 18.9 Å². The van der Waals surface area contributed by atoms with Gasteiger partial charge in [0.1, 0.15) is 6.04 Å². The van der Waals surface area contributed by atoms with Crippen LogP contribution in [0.15, 0.2) is 0 Å². The van der Waals surface area contributed by atoms with E-state index in [4.69, 9.17) is 0 Å². The Balaban J connectivity index is 0.00000400. The molecule has 0 radical (unpaired) electrons. The van der Waals surface area contributed by atoms with E-state index >= 15 is 0 Å². The Hall–Kier alpha value is -0.810. The van der Waals surface area contributed by atoms with Gasteiger partial charge in [-0.2, -0.15) is 0 Å². The Bertz CT molecular complexity index is 324. The molecule has 1 unspecified atom stereocenters. The largest absolute Gasteiger partial charge is 0.354 e. The summed E-state index contributed by atoms with van der Waals surface area (Å²) in [5.74, 6) is 0.537. The SMILES string of the molecule is CNCCCNC(=O)C(CC(C)C)N1CCCCC1=O.Cl.